The second-order valence-corrected chi connectivity index (χ2v) is 8.17. The van der Waals surface area contributed by atoms with E-state index in [-0.39, 0.29) is 30.3 Å². The van der Waals surface area contributed by atoms with Crippen molar-refractivity contribution in [3.05, 3.63) is 41.7 Å². The lowest BCUT2D eigenvalue weighted by atomic mass is 10.1. The molecule has 0 saturated heterocycles. The molecule has 2 aromatic carbocycles. The van der Waals surface area contributed by atoms with Gasteiger partial charge in [0, 0.05) is 20.2 Å². The van der Waals surface area contributed by atoms with E-state index in [1.54, 1.807) is 18.2 Å². The molecule has 0 unspecified atom stereocenters. The van der Waals surface area contributed by atoms with E-state index >= 15 is 0 Å². The number of rotatable bonds is 3. The van der Waals surface area contributed by atoms with Gasteiger partial charge >= 0.3 is 10.2 Å². The molecule has 0 atom stereocenters. The number of ether oxygens (including phenoxy) is 2. The minimum atomic E-state index is -3.72. The van der Waals surface area contributed by atoms with Crippen LogP contribution in [0, 0.1) is 5.82 Å². The molecule has 10 heteroatoms. The average molecular weight is 393 g/mol. The van der Waals surface area contributed by atoms with Crippen molar-refractivity contribution < 1.29 is 27.1 Å². The zero-order valence-corrected chi connectivity index (χ0v) is 15.3. The number of amides is 1. The van der Waals surface area contributed by atoms with E-state index in [4.69, 9.17) is 9.47 Å². The van der Waals surface area contributed by atoms with Gasteiger partial charge in [-0.3, -0.25) is 13.4 Å². The van der Waals surface area contributed by atoms with Crippen LogP contribution in [0.4, 0.5) is 21.5 Å². The number of carbonyl (C=O) groups is 1. The summed E-state index contributed by atoms with van der Waals surface area (Å²) in [5.74, 6) is 0.00536. The minimum Gasteiger partial charge on any atom is -0.454 e. The average Bonchev–Trinajstić information content (AvgIpc) is 3.14. The molecule has 4 rings (SSSR count). The number of benzene rings is 2. The second kappa shape index (κ2) is 6.02. The van der Waals surface area contributed by atoms with Crippen LogP contribution in [0.5, 0.6) is 11.5 Å². The van der Waals surface area contributed by atoms with Crippen molar-refractivity contribution >= 4 is 33.2 Å². The van der Waals surface area contributed by atoms with E-state index in [9.17, 15) is 17.6 Å². The Labute approximate surface area is 155 Å². The maximum atomic E-state index is 14.4. The van der Waals surface area contributed by atoms with Crippen molar-refractivity contribution in [1.29, 1.82) is 0 Å². The summed E-state index contributed by atoms with van der Waals surface area (Å²) in [4.78, 5) is 12.3. The van der Waals surface area contributed by atoms with Gasteiger partial charge in [-0.05, 0) is 23.8 Å². The Morgan fingerprint density at radius 3 is 2.52 bits per heavy atom. The summed E-state index contributed by atoms with van der Waals surface area (Å²) in [6.45, 7) is 0.135. The van der Waals surface area contributed by atoms with Crippen LogP contribution in [0.15, 0.2) is 30.3 Å². The number of nitrogens with one attached hydrogen (secondary N) is 1. The van der Waals surface area contributed by atoms with Gasteiger partial charge in [0.1, 0.15) is 5.82 Å². The highest BCUT2D eigenvalue weighted by atomic mass is 32.2. The maximum Gasteiger partial charge on any atom is 0.326 e. The highest BCUT2D eigenvalue weighted by Crippen LogP contribution is 2.41. The SMILES string of the molecule is CN1c2cc(F)c(NC(=O)Cc3ccc4c(c3)OCO4)cc2N(C)S1(=O)=O. The van der Waals surface area contributed by atoms with Crippen molar-refractivity contribution in [2.24, 2.45) is 0 Å². The number of fused-ring (bicyclic) bond motifs is 2. The molecule has 1 N–H and O–H groups in total. The van der Waals surface area contributed by atoms with Crippen LogP contribution in [0.25, 0.3) is 0 Å². The Balaban J connectivity index is 1.55. The Morgan fingerprint density at radius 2 is 1.78 bits per heavy atom. The molecular formula is C17H16FN3O5S. The summed E-state index contributed by atoms with van der Waals surface area (Å²) < 4.78 is 51.2. The first-order chi connectivity index (χ1) is 12.8. The quantitative estimate of drug-likeness (QED) is 0.860. The Morgan fingerprint density at radius 1 is 1.11 bits per heavy atom. The van der Waals surface area contributed by atoms with Crippen molar-refractivity contribution in [1.82, 2.24) is 0 Å². The molecule has 0 fully saturated rings. The van der Waals surface area contributed by atoms with Crippen LogP contribution < -0.4 is 23.4 Å². The molecule has 0 bridgehead atoms. The summed E-state index contributed by atoms with van der Waals surface area (Å²) in [5, 5.41) is 2.49. The lowest BCUT2D eigenvalue weighted by Gasteiger charge is -2.13. The van der Waals surface area contributed by atoms with Crippen molar-refractivity contribution in [2.45, 2.75) is 6.42 Å². The van der Waals surface area contributed by atoms with E-state index in [1.807, 2.05) is 0 Å². The van der Waals surface area contributed by atoms with Gasteiger partial charge in [0.25, 0.3) is 0 Å². The zero-order chi connectivity index (χ0) is 19.3. The van der Waals surface area contributed by atoms with Crippen LogP contribution in [0.1, 0.15) is 5.56 Å². The molecule has 2 aromatic rings. The van der Waals surface area contributed by atoms with E-state index in [2.05, 4.69) is 5.32 Å². The Bertz CT molecular complexity index is 1060. The number of halogens is 1. The summed E-state index contributed by atoms with van der Waals surface area (Å²) >= 11 is 0. The van der Waals surface area contributed by atoms with Crippen LogP contribution in [0.2, 0.25) is 0 Å². The maximum absolute atomic E-state index is 14.4. The fourth-order valence-electron chi connectivity index (χ4n) is 3.01. The standard InChI is InChI=1S/C17H16FN3O5S/c1-20-13-7-11(18)12(8-14(13)21(2)27(20,23)24)19-17(22)6-10-3-4-15-16(5-10)26-9-25-15/h3-5,7-8H,6,9H2,1-2H3,(H,19,22). The molecule has 1 amide bonds. The largest absolute Gasteiger partial charge is 0.454 e. The summed E-state index contributed by atoms with van der Waals surface area (Å²) in [6, 6.07) is 7.52. The molecule has 142 valence electrons. The number of nitrogens with zero attached hydrogens (tertiary/aromatic N) is 2. The predicted molar refractivity (Wildman–Crippen MR) is 97.0 cm³/mol. The van der Waals surface area contributed by atoms with Gasteiger partial charge in [0.15, 0.2) is 11.5 Å². The minimum absolute atomic E-state index is 0.00120. The number of anilines is 3. The second-order valence-electron chi connectivity index (χ2n) is 6.18. The summed E-state index contributed by atoms with van der Waals surface area (Å²) in [5.41, 5.74) is 1.09. The van der Waals surface area contributed by atoms with Gasteiger partial charge in [-0.1, -0.05) is 6.07 Å². The van der Waals surface area contributed by atoms with Crippen LogP contribution >= 0.6 is 0 Å². The van der Waals surface area contributed by atoms with Gasteiger partial charge in [-0.25, -0.2) is 4.39 Å². The molecule has 2 aliphatic heterocycles. The normalized spacial score (nSPS) is 16.4. The highest BCUT2D eigenvalue weighted by molar-refractivity contribution is 7.94. The van der Waals surface area contributed by atoms with E-state index < -0.39 is 21.9 Å². The molecule has 27 heavy (non-hydrogen) atoms. The highest BCUT2D eigenvalue weighted by Gasteiger charge is 2.36. The first kappa shape index (κ1) is 17.4. The first-order valence-corrected chi connectivity index (χ1v) is 9.42. The summed E-state index contributed by atoms with van der Waals surface area (Å²) in [7, 11) is -1.01. The number of hydrogen-bond donors (Lipinski definition) is 1. The topological polar surface area (TPSA) is 88.2 Å². The van der Waals surface area contributed by atoms with Crippen LogP contribution in [-0.2, 0) is 21.4 Å². The smallest absolute Gasteiger partial charge is 0.326 e. The third kappa shape index (κ3) is 2.81. The molecule has 8 nitrogen and oxygen atoms in total. The van der Waals surface area contributed by atoms with Gasteiger partial charge in [-0.15, -0.1) is 0 Å². The Hall–Kier alpha value is -3.01. The third-order valence-corrected chi connectivity index (χ3v) is 6.29. The monoisotopic (exact) mass is 393 g/mol. The fourth-order valence-corrected chi connectivity index (χ4v) is 4.17. The first-order valence-electron chi connectivity index (χ1n) is 8.02. The third-order valence-electron chi connectivity index (χ3n) is 4.51. The van der Waals surface area contributed by atoms with Crippen molar-refractivity contribution in [3.63, 3.8) is 0 Å². The molecule has 0 spiro atoms. The molecule has 0 radical (unpaired) electrons. The van der Waals surface area contributed by atoms with Gasteiger partial charge in [-0.2, -0.15) is 8.42 Å². The van der Waals surface area contributed by atoms with E-state index in [0.717, 1.165) is 14.7 Å². The molecule has 2 heterocycles. The molecular weight excluding hydrogens is 377 g/mol. The predicted octanol–water partition coefficient (Wildman–Crippen LogP) is 1.87. The van der Waals surface area contributed by atoms with Crippen LogP contribution in [-0.4, -0.2) is 35.2 Å². The van der Waals surface area contributed by atoms with Gasteiger partial charge in [0.05, 0.1) is 23.5 Å². The summed E-state index contributed by atoms with van der Waals surface area (Å²) in [6.07, 6.45) is 0.00120. The van der Waals surface area contributed by atoms with Crippen molar-refractivity contribution in [2.75, 3.05) is 34.8 Å². The molecule has 0 aromatic heterocycles. The molecule has 0 saturated carbocycles. The fraction of sp³-hybridized carbons (Fsp3) is 0.235. The number of carbonyl (C=O) groups excluding carboxylic acids is 1. The van der Waals surface area contributed by atoms with E-state index in [1.165, 1.54) is 20.2 Å². The Kier molecular flexibility index (Phi) is 3.88. The van der Waals surface area contributed by atoms with Crippen LogP contribution in [0.3, 0.4) is 0 Å². The number of hydrogen-bond acceptors (Lipinski definition) is 5. The van der Waals surface area contributed by atoms with E-state index in [0.29, 0.717) is 17.1 Å². The molecule has 2 aliphatic rings. The lowest BCUT2D eigenvalue weighted by molar-refractivity contribution is -0.115. The molecule has 0 aliphatic carbocycles. The zero-order valence-electron chi connectivity index (χ0n) is 14.5. The van der Waals surface area contributed by atoms with Gasteiger partial charge < -0.3 is 14.8 Å². The lowest BCUT2D eigenvalue weighted by Crippen LogP contribution is -2.32. The van der Waals surface area contributed by atoms with Crippen molar-refractivity contribution in [3.8, 4) is 11.5 Å². The van der Waals surface area contributed by atoms with Gasteiger partial charge in [0.2, 0.25) is 12.7 Å².